The number of unbranched alkanes of at least 4 members (excludes halogenated alkanes) is 3. The molecule has 2 unspecified atom stereocenters. The van der Waals surface area contributed by atoms with E-state index in [1.807, 2.05) is 27.0 Å². The van der Waals surface area contributed by atoms with Crippen LogP contribution < -0.4 is 10.6 Å². The molecule has 0 radical (unpaired) electrons. The molecule has 0 aromatic heterocycles. The van der Waals surface area contributed by atoms with Crippen LogP contribution in [0.1, 0.15) is 97.7 Å². The van der Waals surface area contributed by atoms with Crippen molar-refractivity contribution in [2.24, 2.45) is 0 Å². The second kappa shape index (κ2) is 15.7. The van der Waals surface area contributed by atoms with Gasteiger partial charge in [-0.05, 0) is 84.1 Å². The smallest absolute Gasteiger partial charge is 0.408 e. The van der Waals surface area contributed by atoms with Crippen LogP contribution in [0, 0.1) is 12.3 Å². The minimum atomic E-state index is -0.882. The van der Waals surface area contributed by atoms with Crippen LogP contribution in [0.25, 0.3) is 0 Å². The maximum absolute atomic E-state index is 14.2. The molecule has 3 amide bonds. The Balaban J connectivity index is 3.52. The zero-order valence-electron chi connectivity index (χ0n) is 24.5. The standard InChI is InChI=1S/C30H47N3O4S/c1-10-12-13-14-20-33(27(35)24(19-21-38-9)31-28(36)37-30(6,7)8)25(26(34)32-29(3,4)5)23-17-15-22(11-2)16-18-23/h2,15-18,24-25H,10,12-14,19-21H2,1,3-9H3,(H,31,36)(H,32,34). The van der Waals surface area contributed by atoms with Gasteiger partial charge in [-0.25, -0.2) is 4.79 Å². The largest absolute Gasteiger partial charge is 0.444 e. The van der Waals surface area contributed by atoms with Gasteiger partial charge in [0.15, 0.2) is 0 Å². The van der Waals surface area contributed by atoms with Crippen LogP contribution in [-0.2, 0) is 14.3 Å². The molecule has 0 spiro atoms. The number of nitrogens with zero attached hydrogens (tertiary/aromatic N) is 1. The molecule has 38 heavy (non-hydrogen) atoms. The number of alkyl carbamates (subject to hydrolysis) is 1. The molecule has 1 aromatic carbocycles. The number of hydrogen-bond acceptors (Lipinski definition) is 5. The summed E-state index contributed by atoms with van der Waals surface area (Å²) in [6.07, 6.45) is 11.0. The Hall–Kier alpha value is -2.66. The molecule has 7 nitrogen and oxygen atoms in total. The number of amides is 3. The van der Waals surface area contributed by atoms with Crippen molar-refractivity contribution in [2.45, 2.75) is 104 Å². The van der Waals surface area contributed by atoms with Crippen LogP contribution in [-0.4, -0.2) is 58.5 Å². The van der Waals surface area contributed by atoms with Crippen LogP contribution in [0.3, 0.4) is 0 Å². The molecule has 8 heteroatoms. The predicted octanol–water partition coefficient (Wildman–Crippen LogP) is 5.68. The average molecular weight is 546 g/mol. The summed E-state index contributed by atoms with van der Waals surface area (Å²) >= 11 is 1.59. The van der Waals surface area contributed by atoms with E-state index >= 15 is 0 Å². The van der Waals surface area contributed by atoms with E-state index in [9.17, 15) is 14.4 Å². The zero-order valence-corrected chi connectivity index (χ0v) is 25.3. The monoisotopic (exact) mass is 545 g/mol. The summed E-state index contributed by atoms with van der Waals surface area (Å²) in [7, 11) is 0. The minimum absolute atomic E-state index is 0.282. The number of benzene rings is 1. The van der Waals surface area contributed by atoms with E-state index in [-0.39, 0.29) is 11.8 Å². The highest BCUT2D eigenvalue weighted by Gasteiger charge is 2.37. The van der Waals surface area contributed by atoms with Gasteiger partial charge in [-0.1, -0.05) is 44.2 Å². The normalized spacial score (nSPS) is 13.1. The lowest BCUT2D eigenvalue weighted by Gasteiger charge is -2.36. The molecule has 1 aromatic rings. The zero-order chi connectivity index (χ0) is 28.9. The van der Waals surface area contributed by atoms with E-state index in [1.165, 1.54) is 0 Å². The molecule has 0 aliphatic rings. The van der Waals surface area contributed by atoms with Gasteiger partial charge in [0.05, 0.1) is 0 Å². The van der Waals surface area contributed by atoms with E-state index < -0.39 is 29.3 Å². The fraction of sp³-hybridized carbons (Fsp3) is 0.633. The van der Waals surface area contributed by atoms with Crippen molar-refractivity contribution in [2.75, 3.05) is 18.6 Å². The van der Waals surface area contributed by atoms with E-state index in [0.717, 1.165) is 25.7 Å². The van der Waals surface area contributed by atoms with Gasteiger partial charge in [-0.3, -0.25) is 9.59 Å². The minimum Gasteiger partial charge on any atom is -0.444 e. The number of carbonyl (C=O) groups excluding carboxylic acids is 3. The molecule has 0 aliphatic carbocycles. The summed E-state index contributed by atoms with van der Waals surface area (Å²) in [5.41, 5.74) is 0.146. The first kappa shape index (κ1) is 33.4. The lowest BCUT2D eigenvalue weighted by Crippen LogP contribution is -2.55. The third-order valence-electron chi connectivity index (χ3n) is 5.59. The molecule has 0 saturated heterocycles. The molecule has 2 atom stereocenters. The van der Waals surface area contributed by atoms with E-state index in [1.54, 1.807) is 61.7 Å². The van der Waals surface area contributed by atoms with Crippen LogP contribution in [0.5, 0.6) is 0 Å². The van der Waals surface area contributed by atoms with E-state index in [0.29, 0.717) is 29.8 Å². The van der Waals surface area contributed by atoms with Gasteiger partial charge in [0, 0.05) is 17.6 Å². The number of ether oxygens (including phenoxy) is 1. The quantitative estimate of drug-likeness (QED) is 0.246. The predicted molar refractivity (Wildman–Crippen MR) is 157 cm³/mol. The number of rotatable bonds is 13. The van der Waals surface area contributed by atoms with Gasteiger partial charge in [-0.15, -0.1) is 6.42 Å². The number of hydrogen-bond donors (Lipinski definition) is 2. The molecule has 1 rings (SSSR count). The van der Waals surface area contributed by atoms with Crippen LogP contribution in [0.2, 0.25) is 0 Å². The van der Waals surface area contributed by atoms with Crippen molar-refractivity contribution in [3.05, 3.63) is 35.4 Å². The second-order valence-electron chi connectivity index (χ2n) is 11.5. The topological polar surface area (TPSA) is 87.7 Å². The highest BCUT2D eigenvalue weighted by molar-refractivity contribution is 7.98. The SMILES string of the molecule is C#Cc1ccc(C(C(=O)NC(C)(C)C)N(CCCCCC)C(=O)C(CCSC)NC(=O)OC(C)(C)C)cc1. The first-order chi connectivity index (χ1) is 17.7. The number of thioether (sulfide) groups is 1. The molecular weight excluding hydrogens is 498 g/mol. The molecule has 212 valence electrons. The van der Waals surface area contributed by atoms with Crippen molar-refractivity contribution in [3.8, 4) is 12.3 Å². The number of nitrogens with one attached hydrogen (secondary N) is 2. The molecule has 0 fully saturated rings. The second-order valence-corrected chi connectivity index (χ2v) is 12.5. The summed E-state index contributed by atoms with van der Waals surface area (Å²) in [5, 5.41) is 5.83. The van der Waals surface area contributed by atoms with E-state index in [2.05, 4.69) is 23.5 Å². The first-order valence-corrected chi connectivity index (χ1v) is 14.8. The number of carbonyl (C=O) groups is 3. The highest BCUT2D eigenvalue weighted by atomic mass is 32.2. The van der Waals surface area contributed by atoms with Crippen molar-refractivity contribution < 1.29 is 19.1 Å². The Labute approximate surface area is 234 Å². The summed E-state index contributed by atoms with van der Waals surface area (Å²) in [4.78, 5) is 42.2. The van der Waals surface area contributed by atoms with Crippen molar-refractivity contribution in [1.82, 2.24) is 15.5 Å². The Bertz CT molecular complexity index is 942. The fourth-order valence-electron chi connectivity index (χ4n) is 3.89. The van der Waals surface area contributed by atoms with E-state index in [4.69, 9.17) is 11.2 Å². The molecule has 0 heterocycles. The maximum Gasteiger partial charge on any atom is 0.408 e. The third kappa shape index (κ3) is 12.3. The summed E-state index contributed by atoms with van der Waals surface area (Å²) < 4.78 is 5.45. The number of terminal acetylenes is 1. The van der Waals surface area contributed by atoms with Gasteiger partial charge >= 0.3 is 6.09 Å². The lowest BCUT2D eigenvalue weighted by atomic mass is 9.98. The Morgan fingerprint density at radius 1 is 1.05 bits per heavy atom. The van der Waals surface area contributed by atoms with Crippen LogP contribution in [0.15, 0.2) is 24.3 Å². The van der Waals surface area contributed by atoms with Gasteiger partial charge in [-0.2, -0.15) is 11.8 Å². The summed E-state index contributed by atoms with van der Waals surface area (Å²) in [6.45, 7) is 13.5. The van der Waals surface area contributed by atoms with Gasteiger partial charge in [0.25, 0.3) is 0 Å². The lowest BCUT2D eigenvalue weighted by molar-refractivity contribution is -0.143. The van der Waals surface area contributed by atoms with Crippen molar-refractivity contribution in [3.63, 3.8) is 0 Å². The molecule has 0 saturated carbocycles. The Morgan fingerprint density at radius 2 is 1.68 bits per heavy atom. The average Bonchev–Trinajstić information content (AvgIpc) is 2.81. The van der Waals surface area contributed by atoms with Gasteiger partial charge < -0.3 is 20.3 Å². The molecule has 2 N–H and O–H groups in total. The van der Waals surface area contributed by atoms with Crippen LogP contribution >= 0.6 is 11.8 Å². The molecular formula is C30H47N3O4S. The highest BCUT2D eigenvalue weighted by Crippen LogP contribution is 2.26. The maximum atomic E-state index is 14.2. The van der Waals surface area contributed by atoms with Crippen LogP contribution in [0.4, 0.5) is 4.79 Å². The molecule has 0 aliphatic heterocycles. The first-order valence-electron chi connectivity index (χ1n) is 13.4. The van der Waals surface area contributed by atoms with Gasteiger partial charge in [0.1, 0.15) is 17.7 Å². The fourth-order valence-corrected chi connectivity index (χ4v) is 4.36. The van der Waals surface area contributed by atoms with Gasteiger partial charge in [0.2, 0.25) is 11.8 Å². The Morgan fingerprint density at radius 3 is 2.18 bits per heavy atom. The molecule has 0 bridgehead atoms. The summed E-state index contributed by atoms with van der Waals surface area (Å²) in [6, 6.07) is 5.43. The third-order valence-corrected chi connectivity index (χ3v) is 6.23. The summed E-state index contributed by atoms with van der Waals surface area (Å²) in [5.74, 6) is 2.67. The van der Waals surface area contributed by atoms with Crippen molar-refractivity contribution >= 4 is 29.7 Å². The Kier molecular flexibility index (Phi) is 13.8. The van der Waals surface area contributed by atoms with Crippen molar-refractivity contribution in [1.29, 1.82) is 0 Å².